The summed E-state index contributed by atoms with van der Waals surface area (Å²) in [6.45, 7) is 0.575. The molecule has 8 nitrogen and oxygen atoms in total. The molecule has 0 radical (unpaired) electrons. The van der Waals surface area contributed by atoms with Gasteiger partial charge in [0.25, 0.3) is 5.91 Å². The molecule has 0 bridgehead atoms. The first-order valence-electron chi connectivity index (χ1n) is 6.02. The van der Waals surface area contributed by atoms with Crippen molar-refractivity contribution in [3.05, 3.63) is 0 Å². The van der Waals surface area contributed by atoms with Gasteiger partial charge in [0.05, 0.1) is 0 Å². The van der Waals surface area contributed by atoms with Gasteiger partial charge in [-0.3, -0.25) is 9.59 Å². The highest BCUT2D eigenvalue weighted by atomic mass is 16.5. The first-order chi connectivity index (χ1) is 9.03. The van der Waals surface area contributed by atoms with Gasteiger partial charge in [0.2, 0.25) is 5.91 Å². The first kappa shape index (κ1) is 13.5. The lowest BCUT2D eigenvalue weighted by atomic mass is 9.89. The second-order valence-electron chi connectivity index (χ2n) is 4.55. The Morgan fingerprint density at radius 2 is 2.00 bits per heavy atom. The third-order valence-corrected chi connectivity index (χ3v) is 3.28. The van der Waals surface area contributed by atoms with Crippen LogP contribution in [0.25, 0.3) is 0 Å². The van der Waals surface area contributed by atoms with Gasteiger partial charge in [0.1, 0.15) is 11.3 Å². The summed E-state index contributed by atoms with van der Waals surface area (Å²) in [4.78, 5) is 34.3. The fraction of sp³-hybridized carbons (Fsp3) is 0.636. The monoisotopic (exact) mass is 269 g/mol. The van der Waals surface area contributed by atoms with Crippen LogP contribution in [0.4, 0.5) is 0 Å². The minimum absolute atomic E-state index is 0.145. The Balaban J connectivity index is 2.07. The lowest BCUT2D eigenvalue weighted by Crippen LogP contribution is -2.59. The van der Waals surface area contributed by atoms with Gasteiger partial charge in [0, 0.05) is 38.9 Å². The van der Waals surface area contributed by atoms with Crippen LogP contribution in [0, 0.1) is 0 Å². The van der Waals surface area contributed by atoms with E-state index >= 15 is 0 Å². The summed E-state index contributed by atoms with van der Waals surface area (Å²) in [7, 11) is 0. The van der Waals surface area contributed by atoms with Crippen LogP contribution in [-0.4, -0.2) is 47.4 Å². The highest BCUT2D eigenvalue weighted by Crippen LogP contribution is 2.21. The maximum absolute atomic E-state index is 12.0. The summed E-state index contributed by atoms with van der Waals surface area (Å²) < 4.78 is 5.11. The van der Waals surface area contributed by atoms with E-state index in [1.54, 1.807) is 0 Å². The average molecular weight is 269 g/mol. The Labute approximate surface area is 109 Å². The summed E-state index contributed by atoms with van der Waals surface area (Å²) in [5, 5.41) is 15.5. The van der Waals surface area contributed by atoms with Gasteiger partial charge in [-0.15, -0.1) is 0 Å². The molecule has 0 aliphatic carbocycles. The highest BCUT2D eigenvalue weighted by molar-refractivity contribution is 6.40. The molecule has 0 unspecified atom stereocenters. The zero-order chi connectivity index (χ0) is 13.9. The topological polar surface area (TPSA) is 117 Å². The van der Waals surface area contributed by atoms with Crippen LogP contribution in [-0.2, 0) is 19.1 Å². The zero-order valence-electron chi connectivity index (χ0n) is 10.3. The number of hydrogen-bond donors (Lipinski definition) is 3. The maximum atomic E-state index is 12.0. The Hall–Kier alpha value is -1.96. The number of nitrogens with one attached hydrogen (secondary N) is 2. The van der Waals surface area contributed by atoms with Crippen LogP contribution in [0.2, 0.25) is 0 Å². The highest BCUT2D eigenvalue weighted by Gasteiger charge is 2.42. The molecule has 3 N–H and O–H groups in total. The minimum Gasteiger partial charge on any atom is -0.480 e. The molecule has 0 atom stereocenters. The molecule has 104 valence electrons. The lowest BCUT2D eigenvalue weighted by molar-refractivity contribution is -0.151. The number of aliphatic carboxylic acids is 1. The molecule has 0 aromatic rings. The summed E-state index contributed by atoms with van der Waals surface area (Å²) in [5.74, 6) is -1.88. The summed E-state index contributed by atoms with van der Waals surface area (Å²) in [6.07, 6.45) is 0.820. The summed E-state index contributed by atoms with van der Waals surface area (Å²) >= 11 is 0. The maximum Gasteiger partial charge on any atom is 0.329 e. The molecule has 1 saturated heterocycles. The number of amides is 2. The van der Waals surface area contributed by atoms with E-state index in [9.17, 15) is 19.5 Å². The third-order valence-electron chi connectivity index (χ3n) is 3.28. The van der Waals surface area contributed by atoms with Crippen LogP contribution in [0.1, 0.15) is 25.7 Å². The van der Waals surface area contributed by atoms with Gasteiger partial charge < -0.3 is 15.2 Å². The Morgan fingerprint density at radius 3 is 2.53 bits per heavy atom. The van der Waals surface area contributed by atoms with Crippen LogP contribution in [0.5, 0.6) is 0 Å². The van der Waals surface area contributed by atoms with Crippen LogP contribution in [0.3, 0.4) is 0 Å². The third kappa shape index (κ3) is 2.90. The number of hydrazone groups is 1. The predicted octanol–water partition coefficient (Wildman–Crippen LogP) is -0.998. The van der Waals surface area contributed by atoms with Gasteiger partial charge >= 0.3 is 5.97 Å². The van der Waals surface area contributed by atoms with Crippen molar-refractivity contribution in [3.63, 3.8) is 0 Å². The molecule has 0 saturated carbocycles. The number of carboxylic acids is 1. The molecule has 2 aliphatic heterocycles. The van der Waals surface area contributed by atoms with Gasteiger partial charge in [-0.05, 0) is 0 Å². The molecule has 8 heteroatoms. The largest absolute Gasteiger partial charge is 0.480 e. The van der Waals surface area contributed by atoms with Crippen molar-refractivity contribution in [1.29, 1.82) is 0 Å². The Bertz CT molecular complexity index is 440. The van der Waals surface area contributed by atoms with E-state index in [0.717, 1.165) is 0 Å². The van der Waals surface area contributed by atoms with E-state index in [1.165, 1.54) is 0 Å². The molecule has 0 aromatic carbocycles. The number of carboxylic acid groups (broad SMARTS) is 1. The van der Waals surface area contributed by atoms with Gasteiger partial charge in [0.15, 0.2) is 0 Å². The lowest BCUT2D eigenvalue weighted by Gasteiger charge is -2.34. The van der Waals surface area contributed by atoms with Crippen molar-refractivity contribution in [2.24, 2.45) is 5.10 Å². The number of hydrogen-bond acceptors (Lipinski definition) is 5. The molecular formula is C11H15N3O5. The molecule has 2 amide bonds. The number of rotatable bonds is 3. The van der Waals surface area contributed by atoms with Gasteiger partial charge in [-0.1, -0.05) is 0 Å². The molecule has 0 spiro atoms. The van der Waals surface area contributed by atoms with Crippen LogP contribution in [0.15, 0.2) is 5.10 Å². The normalized spacial score (nSPS) is 22.1. The fourth-order valence-electron chi connectivity index (χ4n) is 2.04. The molecule has 2 aliphatic rings. The van der Waals surface area contributed by atoms with Gasteiger partial charge in [-0.2, -0.15) is 5.10 Å². The Morgan fingerprint density at radius 1 is 1.32 bits per heavy atom. The number of nitrogens with zero attached hydrogens (tertiary/aromatic N) is 1. The number of carbonyl (C=O) groups is 3. The van der Waals surface area contributed by atoms with E-state index < -0.39 is 17.4 Å². The van der Waals surface area contributed by atoms with Crippen LogP contribution >= 0.6 is 0 Å². The second kappa shape index (κ2) is 5.35. The molecule has 0 aromatic heterocycles. The average Bonchev–Trinajstić information content (AvgIpc) is 2.40. The number of ether oxygens (including phenoxy) is 1. The standard InChI is InChI=1S/C11H15N3O5/c15-8-2-1-7(13-14-8)9(16)12-11(10(17)18)3-5-19-6-4-11/h1-6H2,(H,12,16)(H,14,15)(H,17,18). The van der Waals surface area contributed by atoms with Crippen molar-refractivity contribution in [2.75, 3.05) is 13.2 Å². The minimum atomic E-state index is -1.31. The van der Waals surface area contributed by atoms with Crippen molar-refractivity contribution in [3.8, 4) is 0 Å². The smallest absolute Gasteiger partial charge is 0.329 e. The summed E-state index contributed by atoms with van der Waals surface area (Å²) in [5.41, 5.74) is 1.05. The molecule has 1 fully saturated rings. The second-order valence-corrected chi connectivity index (χ2v) is 4.55. The molecule has 2 heterocycles. The SMILES string of the molecule is O=C1CCC(C(=O)NC2(C(=O)O)CCOCC2)=NN1. The van der Waals surface area contributed by atoms with Gasteiger partial charge in [-0.25, -0.2) is 10.2 Å². The van der Waals surface area contributed by atoms with Crippen molar-refractivity contribution >= 4 is 23.5 Å². The zero-order valence-corrected chi connectivity index (χ0v) is 10.3. The molecule has 2 rings (SSSR count). The van der Waals surface area contributed by atoms with E-state index in [1.807, 2.05) is 0 Å². The van der Waals surface area contributed by atoms with Crippen molar-refractivity contribution in [1.82, 2.24) is 10.7 Å². The first-order valence-corrected chi connectivity index (χ1v) is 6.02. The summed E-state index contributed by atoms with van der Waals surface area (Å²) in [6, 6.07) is 0. The molecule has 19 heavy (non-hydrogen) atoms. The van der Waals surface area contributed by atoms with E-state index in [4.69, 9.17) is 4.74 Å². The quantitative estimate of drug-likeness (QED) is 0.607. The Kier molecular flexibility index (Phi) is 3.79. The fourth-order valence-corrected chi connectivity index (χ4v) is 2.04. The predicted molar refractivity (Wildman–Crippen MR) is 63.4 cm³/mol. The van der Waals surface area contributed by atoms with E-state index in [-0.39, 0.29) is 50.5 Å². The number of carbonyl (C=O) groups excluding carboxylic acids is 2. The molecular weight excluding hydrogens is 254 g/mol. The van der Waals surface area contributed by atoms with E-state index in [2.05, 4.69) is 15.8 Å². The van der Waals surface area contributed by atoms with Crippen LogP contribution < -0.4 is 10.7 Å². The van der Waals surface area contributed by atoms with Crippen molar-refractivity contribution in [2.45, 2.75) is 31.2 Å². The van der Waals surface area contributed by atoms with E-state index in [0.29, 0.717) is 0 Å². The van der Waals surface area contributed by atoms with Crippen molar-refractivity contribution < 1.29 is 24.2 Å².